The molecule has 2 N–H and O–H groups in total. The fraction of sp³-hybridized carbons (Fsp3) is 0.276. The maximum atomic E-state index is 6.27. The smallest absolute Gasteiger partial charge is 0.153 e. The number of benzene rings is 2. The summed E-state index contributed by atoms with van der Waals surface area (Å²) < 4.78 is 14.0. The van der Waals surface area contributed by atoms with E-state index >= 15 is 0 Å². The van der Waals surface area contributed by atoms with Gasteiger partial charge >= 0.3 is 0 Å². The Morgan fingerprint density at radius 1 is 0.923 bits per heavy atom. The molecular formula is C29H30N8O2. The highest BCUT2D eigenvalue weighted by molar-refractivity contribution is 5.87. The average Bonchev–Trinajstić information content (AvgIpc) is 3.27. The minimum Gasteiger partial charge on any atom is -0.489 e. The van der Waals surface area contributed by atoms with E-state index in [-0.39, 0.29) is 0 Å². The summed E-state index contributed by atoms with van der Waals surface area (Å²) in [4.78, 5) is 19.5. The van der Waals surface area contributed by atoms with Crippen LogP contribution in [0.4, 0.5) is 5.82 Å². The van der Waals surface area contributed by atoms with Gasteiger partial charge in [-0.3, -0.25) is 0 Å². The number of anilines is 1. The third kappa shape index (κ3) is 5.37. The zero-order valence-electron chi connectivity index (χ0n) is 22.2. The Hall–Kier alpha value is -4.57. The van der Waals surface area contributed by atoms with Gasteiger partial charge in [0.25, 0.3) is 0 Å². The molecule has 10 nitrogen and oxygen atoms in total. The quantitative estimate of drug-likeness (QED) is 0.319. The Bertz CT molecular complexity index is 1610. The third-order valence-electron chi connectivity index (χ3n) is 6.76. The number of hydrogen-bond acceptors (Lipinski definition) is 9. The monoisotopic (exact) mass is 522 g/mol. The van der Waals surface area contributed by atoms with Crippen LogP contribution in [0.3, 0.4) is 0 Å². The standard InChI is InChI=1S/C29H30N8O2/c1-18-8-24(38-16-21-12-31-19(2)32-13-21)11-25(9-18)39-23-6-4-22(5-7-23)37-28-27(33-17-34-29(28)30)26(35-37)10-20-14-36(3)15-20/h4-9,11-13,17,20H,10,14-16H2,1-3H3,(H2,30,33,34). The van der Waals surface area contributed by atoms with E-state index in [2.05, 4.69) is 31.9 Å². The van der Waals surface area contributed by atoms with E-state index in [4.69, 9.17) is 20.3 Å². The molecule has 5 aromatic rings. The van der Waals surface area contributed by atoms with Crippen LogP contribution < -0.4 is 15.2 Å². The number of ether oxygens (including phenoxy) is 2. The van der Waals surface area contributed by atoms with Gasteiger partial charge in [-0.25, -0.2) is 24.6 Å². The summed E-state index contributed by atoms with van der Waals surface area (Å²) in [5.74, 6) is 3.81. The zero-order valence-corrected chi connectivity index (χ0v) is 22.2. The van der Waals surface area contributed by atoms with E-state index in [0.717, 1.165) is 58.9 Å². The van der Waals surface area contributed by atoms with Crippen LogP contribution in [0, 0.1) is 19.8 Å². The number of aryl methyl sites for hydroxylation is 2. The van der Waals surface area contributed by atoms with Gasteiger partial charge in [0.2, 0.25) is 0 Å². The topological polar surface area (TPSA) is 117 Å². The molecule has 0 spiro atoms. The first-order chi connectivity index (χ1) is 18.9. The molecule has 3 aromatic heterocycles. The molecule has 6 rings (SSSR count). The van der Waals surface area contributed by atoms with Crippen LogP contribution in [-0.4, -0.2) is 54.8 Å². The maximum Gasteiger partial charge on any atom is 0.153 e. The lowest BCUT2D eigenvalue weighted by Crippen LogP contribution is -2.44. The lowest BCUT2D eigenvalue weighted by molar-refractivity contribution is 0.134. The number of fused-ring (bicyclic) bond motifs is 1. The minimum atomic E-state index is 0.377. The molecule has 0 unspecified atom stereocenters. The van der Waals surface area contributed by atoms with Gasteiger partial charge in [-0.15, -0.1) is 0 Å². The van der Waals surface area contributed by atoms with Crippen molar-refractivity contribution in [2.24, 2.45) is 5.92 Å². The normalized spacial score (nSPS) is 13.9. The van der Waals surface area contributed by atoms with E-state index in [0.29, 0.717) is 35.6 Å². The lowest BCUT2D eigenvalue weighted by atomic mass is 9.95. The van der Waals surface area contributed by atoms with Crippen molar-refractivity contribution in [1.82, 2.24) is 34.6 Å². The molecule has 0 saturated carbocycles. The summed E-state index contributed by atoms with van der Waals surface area (Å²) in [5, 5.41) is 4.90. The molecular weight excluding hydrogens is 492 g/mol. The number of nitrogens with two attached hydrogens (primary N) is 1. The van der Waals surface area contributed by atoms with Crippen molar-refractivity contribution in [3.8, 4) is 22.9 Å². The Balaban J connectivity index is 1.20. The number of aromatic nitrogens is 6. The molecule has 0 radical (unpaired) electrons. The molecule has 198 valence electrons. The number of rotatable bonds is 8. The van der Waals surface area contributed by atoms with Crippen LogP contribution in [0.5, 0.6) is 17.2 Å². The summed E-state index contributed by atoms with van der Waals surface area (Å²) >= 11 is 0. The number of nitrogen functional groups attached to an aromatic ring is 1. The van der Waals surface area contributed by atoms with Crippen molar-refractivity contribution in [2.45, 2.75) is 26.9 Å². The van der Waals surface area contributed by atoms with Gasteiger partial charge in [0.05, 0.1) is 11.4 Å². The maximum absolute atomic E-state index is 6.27. The van der Waals surface area contributed by atoms with Crippen molar-refractivity contribution in [2.75, 3.05) is 25.9 Å². The van der Waals surface area contributed by atoms with Crippen LogP contribution in [0.2, 0.25) is 0 Å². The van der Waals surface area contributed by atoms with Gasteiger partial charge < -0.3 is 20.1 Å². The summed E-state index contributed by atoms with van der Waals surface area (Å²) in [6.07, 6.45) is 5.91. The molecule has 0 atom stereocenters. The predicted molar refractivity (Wildman–Crippen MR) is 148 cm³/mol. The summed E-state index contributed by atoms with van der Waals surface area (Å²) in [7, 11) is 2.13. The van der Waals surface area contributed by atoms with Gasteiger partial charge in [-0.1, -0.05) is 0 Å². The predicted octanol–water partition coefficient (Wildman–Crippen LogP) is 4.28. The lowest BCUT2D eigenvalue weighted by Gasteiger charge is -2.35. The third-order valence-corrected chi connectivity index (χ3v) is 6.76. The summed E-state index contributed by atoms with van der Waals surface area (Å²) in [6.45, 7) is 6.36. The molecule has 1 saturated heterocycles. The van der Waals surface area contributed by atoms with Crippen molar-refractivity contribution in [1.29, 1.82) is 0 Å². The van der Waals surface area contributed by atoms with E-state index in [1.807, 2.05) is 61.0 Å². The van der Waals surface area contributed by atoms with E-state index in [1.165, 1.54) is 6.33 Å². The van der Waals surface area contributed by atoms with Gasteiger partial charge in [-0.2, -0.15) is 5.10 Å². The molecule has 2 aromatic carbocycles. The largest absolute Gasteiger partial charge is 0.489 e. The minimum absolute atomic E-state index is 0.377. The van der Waals surface area contributed by atoms with Crippen molar-refractivity contribution < 1.29 is 9.47 Å². The highest BCUT2D eigenvalue weighted by atomic mass is 16.5. The first kappa shape index (κ1) is 24.7. The Labute approximate surface area is 226 Å². The van der Waals surface area contributed by atoms with Crippen molar-refractivity contribution >= 4 is 16.9 Å². The van der Waals surface area contributed by atoms with Crippen LogP contribution in [0.1, 0.15) is 22.6 Å². The Morgan fingerprint density at radius 2 is 1.67 bits per heavy atom. The van der Waals surface area contributed by atoms with Crippen LogP contribution in [0.15, 0.2) is 61.2 Å². The van der Waals surface area contributed by atoms with Crippen molar-refractivity contribution in [3.63, 3.8) is 0 Å². The molecule has 10 heteroatoms. The van der Waals surface area contributed by atoms with E-state index in [1.54, 1.807) is 12.4 Å². The van der Waals surface area contributed by atoms with E-state index < -0.39 is 0 Å². The van der Waals surface area contributed by atoms with Crippen LogP contribution >= 0.6 is 0 Å². The molecule has 0 amide bonds. The molecule has 39 heavy (non-hydrogen) atoms. The molecule has 0 aliphatic carbocycles. The van der Waals surface area contributed by atoms with Gasteiger partial charge in [0.15, 0.2) is 5.82 Å². The van der Waals surface area contributed by atoms with E-state index in [9.17, 15) is 0 Å². The Kier molecular flexibility index (Phi) is 6.54. The van der Waals surface area contributed by atoms with Gasteiger partial charge in [0, 0.05) is 37.1 Å². The first-order valence-corrected chi connectivity index (χ1v) is 12.9. The highest BCUT2D eigenvalue weighted by Gasteiger charge is 2.26. The second kappa shape index (κ2) is 10.3. The fourth-order valence-corrected chi connectivity index (χ4v) is 4.89. The summed E-state index contributed by atoms with van der Waals surface area (Å²) in [5.41, 5.74) is 11.5. The second-order valence-corrected chi connectivity index (χ2v) is 10.1. The summed E-state index contributed by atoms with van der Waals surface area (Å²) in [6, 6.07) is 13.6. The Morgan fingerprint density at radius 3 is 2.41 bits per heavy atom. The van der Waals surface area contributed by atoms with Crippen LogP contribution in [0.25, 0.3) is 16.7 Å². The first-order valence-electron chi connectivity index (χ1n) is 12.9. The number of nitrogens with zero attached hydrogens (tertiary/aromatic N) is 7. The molecule has 1 fully saturated rings. The molecule has 1 aliphatic heterocycles. The number of hydrogen-bond donors (Lipinski definition) is 1. The van der Waals surface area contributed by atoms with Gasteiger partial charge in [0.1, 0.15) is 47.0 Å². The van der Waals surface area contributed by atoms with Crippen LogP contribution in [-0.2, 0) is 13.0 Å². The second-order valence-electron chi connectivity index (χ2n) is 10.1. The number of likely N-dealkylation sites (tertiary alicyclic amines) is 1. The van der Waals surface area contributed by atoms with Crippen molar-refractivity contribution in [3.05, 3.63) is 83.8 Å². The fourth-order valence-electron chi connectivity index (χ4n) is 4.89. The molecule has 1 aliphatic rings. The SMILES string of the molecule is Cc1cc(OCc2cnc(C)nc2)cc(Oc2ccc(-n3nc(CC4CN(C)C4)c4ncnc(N)c43)cc2)c1. The molecule has 0 bridgehead atoms. The zero-order chi connectivity index (χ0) is 26.9. The molecule has 4 heterocycles. The highest BCUT2D eigenvalue weighted by Crippen LogP contribution is 2.31. The van der Waals surface area contributed by atoms with Gasteiger partial charge in [-0.05, 0) is 75.2 Å². The average molecular weight is 523 g/mol.